The van der Waals surface area contributed by atoms with Crippen LogP contribution in [0.5, 0.6) is 0 Å². The van der Waals surface area contributed by atoms with Crippen LogP contribution in [0.4, 0.5) is 5.69 Å². The number of carbonyl (C=O) groups excluding carboxylic acids is 1. The Labute approximate surface area is 142 Å². The van der Waals surface area contributed by atoms with Gasteiger partial charge in [0, 0.05) is 35.3 Å². The summed E-state index contributed by atoms with van der Waals surface area (Å²) in [5.41, 5.74) is 2.09. The van der Waals surface area contributed by atoms with Crippen LogP contribution in [0.25, 0.3) is 10.9 Å². The number of aromatic nitrogens is 1. The van der Waals surface area contributed by atoms with Crippen LogP contribution in [0.15, 0.2) is 48.7 Å². The van der Waals surface area contributed by atoms with Crippen molar-refractivity contribution >= 4 is 34.1 Å². The van der Waals surface area contributed by atoms with Gasteiger partial charge in [0.05, 0.1) is 4.92 Å². The number of para-hydroxylation sites is 1. The largest absolute Gasteiger partial charge is 0.361 e. The zero-order chi connectivity index (χ0) is 17.1. The van der Waals surface area contributed by atoms with Crippen molar-refractivity contribution in [2.24, 2.45) is 0 Å². The lowest BCUT2D eigenvalue weighted by Gasteiger charge is -2.05. The van der Waals surface area contributed by atoms with Gasteiger partial charge in [0.2, 0.25) is 0 Å². The Hall–Kier alpha value is -2.86. The van der Waals surface area contributed by atoms with Gasteiger partial charge in [0.25, 0.3) is 11.6 Å². The molecule has 0 unspecified atom stereocenters. The first-order valence-electron chi connectivity index (χ1n) is 7.33. The second kappa shape index (κ2) is 6.72. The van der Waals surface area contributed by atoms with Crippen molar-refractivity contribution in [2.45, 2.75) is 6.42 Å². The van der Waals surface area contributed by atoms with Gasteiger partial charge in [-0.2, -0.15) is 0 Å². The van der Waals surface area contributed by atoms with E-state index < -0.39 is 4.92 Å². The second-order valence-electron chi connectivity index (χ2n) is 5.29. The molecule has 0 aliphatic heterocycles. The van der Waals surface area contributed by atoms with E-state index in [2.05, 4.69) is 10.3 Å². The molecule has 0 saturated heterocycles. The third kappa shape index (κ3) is 3.23. The number of halogens is 1. The molecule has 0 saturated carbocycles. The summed E-state index contributed by atoms with van der Waals surface area (Å²) in [5, 5.41) is 14.8. The van der Waals surface area contributed by atoms with Crippen LogP contribution in [-0.2, 0) is 6.42 Å². The number of hydrogen-bond acceptors (Lipinski definition) is 3. The Morgan fingerprint density at radius 2 is 2.04 bits per heavy atom. The van der Waals surface area contributed by atoms with Gasteiger partial charge in [-0.05, 0) is 30.2 Å². The smallest absolute Gasteiger partial charge is 0.288 e. The van der Waals surface area contributed by atoms with Crippen LogP contribution in [0.1, 0.15) is 15.9 Å². The highest BCUT2D eigenvalue weighted by molar-refractivity contribution is 6.32. The van der Waals surface area contributed by atoms with Crippen molar-refractivity contribution in [1.29, 1.82) is 0 Å². The molecule has 0 bridgehead atoms. The van der Waals surface area contributed by atoms with E-state index in [1.165, 1.54) is 18.2 Å². The first kappa shape index (κ1) is 16.0. The van der Waals surface area contributed by atoms with E-state index in [1.807, 2.05) is 30.5 Å². The van der Waals surface area contributed by atoms with Crippen LogP contribution in [0, 0.1) is 10.1 Å². The maximum atomic E-state index is 12.1. The van der Waals surface area contributed by atoms with E-state index >= 15 is 0 Å². The molecule has 6 nitrogen and oxygen atoms in total. The molecule has 1 heterocycles. The molecule has 0 fully saturated rings. The van der Waals surface area contributed by atoms with Gasteiger partial charge in [-0.3, -0.25) is 14.9 Å². The fourth-order valence-electron chi connectivity index (χ4n) is 2.55. The number of nitrogens with zero attached hydrogens (tertiary/aromatic N) is 1. The van der Waals surface area contributed by atoms with Crippen molar-refractivity contribution in [2.75, 3.05) is 6.54 Å². The number of nitro groups is 1. The number of hydrogen-bond donors (Lipinski definition) is 2. The van der Waals surface area contributed by atoms with Gasteiger partial charge in [-0.1, -0.05) is 29.8 Å². The number of fused-ring (bicyclic) bond motifs is 1. The molecule has 0 aliphatic carbocycles. The highest BCUT2D eigenvalue weighted by Gasteiger charge is 2.16. The van der Waals surface area contributed by atoms with Gasteiger partial charge < -0.3 is 10.3 Å². The van der Waals surface area contributed by atoms with Crippen molar-refractivity contribution in [1.82, 2.24) is 10.3 Å². The van der Waals surface area contributed by atoms with Crippen molar-refractivity contribution < 1.29 is 9.72 Å². The van der Waals surface area contributed by atoms with Crippen molar-refractivity contribution in [3.8, 4) is 0 Å². The summed E-state index contributed by atoms with van der Waals surface area (Å²) >= 11 is 5.75. The number of nitro benzene ring substituents is 1. The molecular weight excluding hydrogens is 330 g/mol. The fraction of sp³-hybridized carbons (Fsp3) is 0.118. The van der Waals surface area contributed by atoms with E-state index in [-0.39, 0.29) is 22.2 Å². The lowest BCUT2D eigenvalue weighted by atomic mass is 10.1. The van der Waals surface area contributed by atoms with Crippen LogP contribution >= 0.6 is 11.6 Å². The number of aromatic amines is 1. The molecular formula is C17H14ClN3O3. The normalized spacial score (nSPS) is 10.7. The minimum atomic E-state index is -0.606. The van der Waals surface area contributed by atoms with Crippen LogP contribution in [0.3, 0.4) is 0 Å². The fourth-order valence-corrected chi connectivity index (χ4v) is 2.73. The van der Waals surface area contributed by atoms with Crippen LogP contribution < -0.4 is 5.32 Å². The summed E-state index contributed by atoms with van der Waals surface area (Å²) in [4.78, 5) is 25.6. The molecule has 0 spiro atoms. The van der Waals surface area contributed by atoms with E-state index in [1.54, 1.807) is 0 Å². The van der Waals surface area contributed by atoms with Crippen LogP contribution in [0.2, 0.25) is 5.02 Å². The van der Waals surface area contributed by atoms with Gasteiger partial charge in [0.1, 0.15) is 5.02 Å². The molecule has 1 aromatic heterocycles. The number of H-pyrrole nitrogens is 1. The van der Waals surface area contributed by atoms with E-state index in [9.17, 15) is 14.9 Å². The topological polar surface area (TPSA) is 88.0 Å². The highest BCUT2D eigenvalue weighted by atomic mass is 35.5. The number of nitrogens with one attached hydrogen (secondary N) is 2. The van der Waals surface area contributed by atoms with Gasteiger partial charge in [-0.15, -0.1) is 0 Å². The summed E-state index contributed by atoms with van der Waals surface area (Å²) in [6.45, 7) is 0.428. The molecule has 0 atom stereocenters. The Balaban J connectivity index is 1.66. The summed E-state index contributed by atoms with van der Waals surface area (Å²) in [6.07, 6.45) is 2.58. The first-order valence-corrected chi connectivity index (χ1v) is 7.71. The molecule has 3 aromatic rings. The van der Waals surface area contributed by atoms with Gasteiger partial charge in [0.15, 0.2) is 0 Å². The molecule has 122 valence electrons. The zero-order valence-electron chi connectivity index (χ0n) is 12.6. The van der Waals surface area contributed by atoms with Crippen LogP contribution in [-0.4, -0.2) is 22.4 Å². The zero-order valence-corrected chi connectivity index (χ0v) is 13.3. The lowest BCUT2D eigenvalue weighted by molar-refractivity contribution is -0.384. The van der Waals surface area contributed by atoms with Crippen molar-refractivity contribution in [3.63, 3.8) is 0 Å². The Bertz CT molecular complexity index is 920. The number of benzene rings is 2. The van der Waals surface area contributed by atoms with E-state index in [0.29, 0.717) is 13.0 Å². The predicted octanol–water partition coefficient (Wildman–Crippen LogP) is 3.70. The quantitative estimate of drug-likeness (QED) is 0.547. The van der Waals surface area contributed by atoms with E-state index in [4.69, 9.17) is 11.6 Å². The standard InChI is InChI=1S/C17H14ClN3O3/c18-14-6-5-11(9-16(14)21(23)24)17(22)19-8-7-12-10-20-15-4-2-1-3-13(12)15/h1-6,9-10,20H,7-8H2,(H,19,22). The summed E-state index contributed by atoms with van der Waals surface area (Å²) in [7, 11) is 0. The third-order valence-corrected chi connectivity index (χ3v) is 4.08. The van der Waals surface area contributed by atoms with Crippen molar-refractivity contribution in [3.05, 3.63) is 74.9 Å². The Kier molecular flexibility index (Phi) is 4.48. The Morgan fingerprint density at radius 1 is 1.25 bits per heavy atom. The van der Waals surface area contributed by atoms with Gasteiger partial charge in [-0.25, -0.2) is 0 Å². The van der Waals surface area contributed by atoms with E-state index in [0.717, 1.165) is 16.5 Å². The minimum absolute atomic E-state index is 0.00958. The van der Waals surface area contributed by atoms with Gasteiger partial charge >= 0.3 is 0 Å². The number of carbonyl (C=O) groups is 1. The average molecular weight is 344 g/mol. The third-order valence-electron chi connectivity index (χ3n) is 3.76. The second-order valence-corrected chi connectivity index (χ2v) is 5.70. The molecule has 7 heteroatoms. The molecule has 3 rings (SSSR count). The molecule has 0 radical (unpaired) electrons. The molecule has 0 aliphatic rings. The first-order chi connectivity index (χ1) is 11.6. The highest BCUT2D eigenvalue weighted by Crippen LogP contribution is 2.25. The maximum absolute atomic E-state index is 12.1. The maximum Gasteiger partial charge on any atom is 0.288 e. The average Bonchev–Trinajstić information content (AvgIpc) is 2.98. The summed E-state index contributed by atoms with van der Waals surface area (Å²) in [5.74, 6) is -0.366. The molecule has 2 aromatic carbocycles. The predicted molar refractivity (Wildman–Crippen MR) is 92.4 cm³/mol. The lowest BCUT2D eigenvalue weighted by Crippen LogP contribution is -2.25. The number of rotatable bonds is 5. The SMILES string of the molecule is O=C(NCCc1c[nH]c2ccccc12)c1ccc(Cl)c([N+](=O)[O-])c1. The Morgan fingerprint density at radius 3 is 2.83 bits per heavy atom. The molecule has 1 amide bonds. The molecule has 24 heavy (non-hydrogen) atoms. The monoisotopic (exact) mass is 343 g/mol. The molecule has 2 N–H and O–H groups in total. The minimum Gasteiger partial charge on any atom is -0.361 e. The summed E-state index contributed by atoms with van der Waals surface area (Å²) in [6, 6.07) is 11.9. The summed E-state index contributed by atoms with van der Waals surface area (Å²) < 4.78 is 0. The number of amides is 1.